The van der Waals surface area contributed by atoms with Gasteiger partial charge in [0, 0.05) is 17.0 Å². The van der Waals surface area contributed by atoms with Crippen LogP contribution >= 0.6 is 0 Å². The van der Waals surface area contributed by atoms with E-state index in [1.54, 1.807) is 0 Å². The Morgan fingerprint density at radius 2 is 2.00 bits per heavy atom. The summed E-state index contributed by atoms with van der Waals surface area (Å²) in [5.74, 6) is 1.12. The summed E-state index contributed by atoms with van der Waals surface area (Å²) < 4.78 is 5.82. The lowest BCUT2D eigenvalue weighted by molar-refractivity contribution is 0.0802. The van der Waals surface area contributed by atoms with Crippen LogP contribution in [0.15, 0.2) is 28.7 Å². The number of rotatable bonds is 2. The predicted molar refractivity (Wildman–Crippen MR) is 91.4 cm³/mol. The van der Waals surface area contributed by atoms with Gasteiger partial charge in [-0.25, -0.2) is 0 Å². The Balaban J connectivity index is 1.62. The second-order valence-electron chi connectivity index (χ2n) is 8.19. The van der Waals surface area contributed by atoms with Crippen LogP contribution in [0.5, 0.6) is 0 Å². The van der Waals surface area contributed by atoms with Crippen LogP contribution in [-0.4, -0.2) is 11.9 Å². The fourth-order valence-corrected chi connectivity index (χ4v) is 5.04. The lowest BCUT2D eigenvalue weighted by Gasteiger charge is -2.39. The summed E-state index contributed by atoms with van der Waals surface area (Å²) in [5.41, 5.74) is 2.21. The van der Waals surface area contributed by atoms with E-state index in [0.717, 1.165) is 28.9 Å². The van der Waals surface area contributed by atoms with Crippen LogP contribution in [0, 0.1) is 23.7 Å². The third-order valence-corrected chi connectivity index (χ3v) is 7.15. The van der Waals surface area contributed by atoms with Crippen molar-refractivity contribution < 1.29 is 9.21 Å². The summed E-state index contributed by atoms with van der Waals surface area (Å²) in [6.45, 7) is 9.04. The van der Waals surface area contributed by atoms with E-state index >= 15 is 0 Å². The van der Waals surface area contributed by atoms with Crippen LogP contribution in [0.25, 0.3) is 11.0 Å². The number of amides is 1. The lowest BCUT2D eigenvalue weighted by atomic mass is 9.69. The molecule has 0 saturated heterocycles. The first-order valence-corrected chi connectivity index (χ1v) is 8.63. The summed E-state index contributed by atoms with van der Waals surface area (Å²) in [6, 6.07) is 8.09. The number of hydrogen-bond donors (Lipinski definition) is 1. The zero-order valence-corrected chi connectivity index (χ0v) is 14.4. The van der Waals surface area contributed by atoms with Crippen LogP contribution in [-0.2, 0) is 0 Å². The molecule has 2 aliphatic rings. The molecule has 0 radical (unpaired) electrons. The number of nitrogens with one attached hydrogen (secondary N) is 1. The van der Waals surface area contributed by atoms with Crippen LogP contribution in [0.3, 0.4) is 0 Å². The maximum absolute atomic E-state index is 12.8. The topological polar surface area (TPSA) is 42.2 Å². The van der Waals surface area contributed by atoms with Gasteiger partial charge in [0.25, 0.3) is 5.91 Å². The lowest BCUT2D eigenvalue weighted by Crippen LogP contribution is -2.46. The minimum atomic E-state index is -0.0618. The van der Waals surface area contributed by atoms with Crippen molar-refractivity contribution in [3.63, 3.8) is 0 Å². The highest BCUT2D eigenvalue weighted by Gasteiger charge is 2.61. The minimum Gasteiger partial charge on any atom is -0.451 e. The molecule has 1 N–H and O–H groups in total. The van der Waals surface area contributed by atoms with Crippen molar-refractivity contribution in [2.75, 3.05) is 0 Å². The van der Waals surface area contributed by atoms with Gasteiger partial charge in [0.15, 0.2) is 5.76 Å². The largest absolute Gasteiger partial charge is 0.451 e. The number of fused-ring (bicyclic) bond motifs is 3. The molecule has 3 heteroatoms. The van der Waals surface area contributed by atoms with Crippen LogP contribution < -0.4 is 5.32 Å². The zero-order chi connectivity index (χ0) is 16.4. The van der Waals surface area contributed by atoms with Crippen LogP contribution in [0.2, 0.25) is 0 Å². The molecular weight excluding hydrogens is 286 g/mol. The summed E-state index contributed by atoms with van der Waals surface area (Å²) in [6.07, 6.45) is 3.59. The second-order valence-corrected chi connectivity index (χ2v) is 8.19. The molecular formula is C20H25NO2. The highest BCUT2D eigenvalue weighted by molar-refractivity contribution is 5.99. The third kappa shape index (κ3) is 1.85. The highest BCUT2D eigenvalue weighted by atomic mass is 16.3. The summed E-state index contributed by atoms with van der Waals surface area (Å²) in [5, 5.41) is 4.32. The Morgan fingerprint density at radius 3 is 2.61 bits per heavy atom. The fourth-order valence-electron chi connectivity index (χ4n) is 5.04. The predicted octanol–water partition coefficient (Wildman–Crippen LogP) is 4.69. The van der Waals surface area contributed by atoms with E-state index in [2.05, 4.69) is 26.1 Å². The van der Waals surface area contributed by atoms with Crippen molar-refractivity contribution in [2.24, 2.45) is 16.7 Å². The molecule has 0 spiro atoms. The Morgan fingerprint density at radius 1 is 1.26 bits per heavy atom. The van der Waals surface area contributed by atoms with Gasteiger partial charge in [0.1, 0.15) is 5.58 Å². The molecule has 2 saturated carbocycles. The van der Waals surface area contributed by atoms with E-state index in [1.165, 1.54) is 12.8 Å². The first-order chi connectivity index (χ1) is 10.8. The number of para-hydroxylation sites is 1. The average molecular weight is 311 g/mol. The van der Waals surface area contributed by atoms with E-state index in [9.17, 15) is 4.79 Å². The second kappa shape index (κ2) is 4.62. The molecule has 0 aliphatic heterocycles. The molecule has 2 bridgehead atoms. The molecule has 23 heavy (non-hydrogen) atoms. The Kier molecular flexibility index (Phi) is 2.97. The maximum atomic E-state index is 12.8. The molecule has 1 aromatic carbocycles. The van der Waals surface area contributed by atoms with Crippen molar-refractivity contribution in [2.45, 2.75) is 53.0 Å². The molecule has 0 unspecified atom stereocenters. The standard InChI is InChI=1S/C20H25NO2/c1-12-14-7-5-6-8-15(14)23-17(12)18(22)21-16-11-13-9-10-20(16,4)19(13,2)3/h5-8,13,16H,9-11H2,1-4H3,(H,21,22)/t13-,16+,20-/m1/s1. The molecule has 1 heterocycles. The fraction of sp³-hybridized carbons (Fsp3) is 0.550. The van der Waals surface area contributed by atoms with Gasteiger partial charge in [-0.15, -0.1) is 0 Å². The van der Waals surface area contributed by atoms with E-state index in [-0.39, 0.29) is 17.4 Å². The van der Waals surface area contributed by atoms with Crippen molar-refractivity contribution in [1.82, 2.24) is 5.32 Å². The van der Waals surface area contributed by atoms with Crippen molar-refractivity contribution in [1.29, 1.82) is 0 Å². The van der Waals surface area contributed by atoms with Crippen LogP contribution in [0.1, 0.15) is 56.2 Å². The number of carbonyl (C=O) groups is 1. The summed E-state index contributed by atoms with van der Waals surface area (Å²) in [4.78, 5) is 12.8. The highest BCUT2D eigenvalue weighted by Crippen LogP contribution is 2.65. The van der Waals surface area contributed by atoms with Gasteiger partial charge in [-0.3, -0.25) is 4.79 Å². The summed E-state index contributed by atoms with van der Waals surface area (Å²) >= 11 is 0. The van der Waals surface area contributed by atoms with Gasteiger partial charge < -0.3 is 9.73 Å². The molecule has 3 atom stereocenters. The van der Waals surface area contributed by atoms with E-state index in [4.69, 9.17) is 4.42 Å². The van der Waals surface area contributed by atoms with E-state index < -0.39 is 0 Å². The minimum absolute atomic E-state index is 0.0618. The molecule has 122 valence electrons. The van der Waals surface area contributed by atoms with Gasteiger partial charge >= 0.3 is 0 Å². The molecule has 3 nitrogen and oxygen atoms in total. The first kappa shape index (κ1) is 14.8. The van der Waals surface area contributed by atoms with Gasteiger partial charge in [-0.1, -0.05) is 39.0 Å². The van der Waals surface area contributed by atoms with Gasteiger partial charge in [-0.2, -0.15) is 0 Å². The molecule has 4 rings (SSSR count). The average Bonchev–Trinajstić information content (AvgIpc) is 3.03. The van der Waals surface area contributed by atoms with Crippen molar-refractivity contribution >= 4 is 16.9 Å². The van der Waals surface area contributed by atoms with E-state index in [0.29, 0.717) is 11.2 Å². The molecule has 1 aromatic heterocycles. The third-order valence-electron chi connectivity index (χ3n) is 7.15. The number of benzene rings is 1. The number of furan rings is 1. The van der Waals surface area contributed by atoms with Crippen molar-refractivity contribution in [3.8, 4) is 0 Å². The molecule has 1 amide bonds. The van der Waals surface area contributed by atoms with E-state index in [1.807, 2.05) is 31.2 Å². The van der Waals surface area contributed by atoms with Gasteiger partial charge in [-0.05, 0) is 49.0 Å². The Labute approximate surface area is 137 Å². The normalized spacial score (nSPS) is 31.7. The van der Waals surface area contributed by atoms with Crippen LogP contribution in [0.4, 0.5) is 0 Å². The smallest absolute Gasteiger partial charge is 0.287 e. The number of aryl methyl sites for hydroxylation is 1. The number of carbonyl (C=O) groups excluding carboxylic acids is 1. The molecule has 2 fully saturated rings. The monoisotopic (exact) mass is 311 g/mol. The van der Waals surface area contributed by atoms with Gasteiger partial charge in [0.05, 0.1) is 0 Å². The quantitative estimate of drug-likeness (QED) is 0.874. The molecule has 2 aliphatic carbocycles. The molecule has 2 aromatic rings. The zero-order valence-electron chi connectivity index (χ0n) is 14.4. The SMILES string of the molecule is Cc1c(C(=O)N[C@H]2C[C@H]3CC[C@@]2(C)C3(C)C)oc2ccccc12. The Bertz CT molecular complexity index is 788. The Hall–Kier alpha value is -1.77. The van der Waals surface area contributed by atoms with Gasteiger partial charge in [0.2, 0.25) is 0 Å². The summed E-state index contributed by atoms with van der Waals surface area (Å²) in [7, 11) is 0. The maximum Gasteiger partial charge on any atom is 0.287 e. The van der Waals surface area contributed by atoms with Crippen molar-refractivity contribution in [3.05, 3.63) is 35.6 Å². The number of hydrogen-bond acceptors (Lipinski definition) is 2. The first-order valence-electron chi connectivity index (χ1n) is 8.63.